The number of hydrogen-bond donors (Lipinski definition) is 1. The average Bonchev–Trinajstić information content (AvgIpc) is 2.69. The van der Waals surface area contributed by atoms with E-state index < -0.39 is 11.7 Å². The third kappa shape index (κ3) is 4.02. The van der Waals surface area contributed by atoms with E-state index in [1.165, 1.54) is 42.7 Å². The number of aromatic nitrogens is 1. The second-order valence-electron chi connectivity index (χ2n) is 5.86. The number of hydrogen-bond acceptors (Lipinski definition) is 4. The van der Waals surface area contributed by atoms with Gasteiger partial charge in [-0.2, -0.15) is 0 Å². The zero-order valence-corrected chi connectivity index (χ0v) is 13.9. The third-order valence-corrected chi connectivity index (χ3v) is 4.10. The van der Waals surface area contributed by atoms with Crippen LogP contribution in [0.5, 0.6) is 0 Å². The van der Waals surface area contributed by atoms with Gasteiger partial charge in [-0.25, -0.2) is 4.39 Å². The molecule has 2 heterocycles. The summed E-state index contributed by atoms with van der Waals surface area (Å²) in [6, 6.07) is 6.85. The van der Waals surface area contributed by atoms with Gasteiger partial charge in [0.1, 0.15) is 5.82 Å². The maximum Gasteiger partial charge on any atom is 0.257 e. The molecule has 1 aliphatic heterocycles. The van der Waals surface area contributed by atoms with Gasteiger partial charge in [0.25, 0.3) is 11.8 Å². The summed E-state index contributed by atoms with van der Waals surface area (Å²) in [7, 11) is 0. The number of carbonyl (C=O) groups is 3. The number of nitrogens with zero attached hydrogens (tertiary/aromatic N) is 3. The lowest BCUT2D eigenvalue weighted by Crippen LogP contribution is -2.48. The second kappa shape index (κ2) is 7.73. The Morgan fingerprint density at radius 1 is 1.04 bits per heavy atom. The van der Waals surface area contributed by atoms with Crippen molar-refractivity contribution >= 4 is 23.9 Å². The number of piperazine rings is 1. The molecule has 26 heavy (non-hydrogen) atoms. The molecule has 1 N–H and O–H groups in total. The van der Waals surface area contributed by atoms with E-state index in [0.717, 1.165) is 6.41 Å². The summed E-state index contributed by atoms with van der Waals surface area (Å²) in [6.45, 7) is 1.83. The molecule has 1 fully saturated rings. The van der Waals surface area contributed by atoms with Crippen molar-refractivity contribution in [2.45, 2.75) is 0 Å². The molecule has 0 unspecified atom stereocenters. The average molecular weight is 356 g/mol. The highest BCUT2D eigenvalue weighted by Crippen LogP contribution is 2.13. The highest BCUT2D eigenvalue weighted by atomic mass is 19.1. The van der Waals surface area contributed by atoms with E-state index >= 15 is 0 Å². The lowest BCUT2D eigenvalue weighted by molar-refractivity contribution is -0.119. The number of anilines is 1. The lowest BCUT2D eigenvalue weighted by Gasteiger charge is -2.32. The molecule has 3 amide bonds. The normalized spacial score (nSPS) is 14.0. The largest absolute Gasteiger partial charge is 0.342 e. The fourth-order valence-corrected chi connectivity index (χ4v) is 2.63. The van der Waals surface area contributed by atoms with Gasteiger partial charge in [0.05, 0.1) is 11.1 Å². The van der Waals surface area contributed by atoms with E-state index in [9.17, 15) is 18.8 Å². The van der Waals surface area contributed by atoms with Crippen molar-refractivity contribution in [1.82, 2.24) is 14.8 Å². The Bertz CT molecular complexity index is 817. The summed E-state index contributed by atoms with van der Waals surface area (Å²) >= 11 is 0. The van der Waals surface area contributed by atoms with Crippen LogP contribution in [-0.2, 0) is 4.79 Å². The minimum absolute atomic E-state index is 0.228. The zero-order valence-electron chi connectivity index (χ0n) is 13.9. The molecule has 1 aliphatic rings. The van der Waals surface area contributed by atoms with E-state index in [1.807, 2.05) is 0 Å². The van der Waals surface area contributed by atoms with E-state index in [0.29, 0.717) is 37.4 Å². The summed E-state index contributed by atoms with van der Waals surface area (Å²) in [4.78, 5) is 42.8. The summed E-state index contributed by atoms with van der Waals surface area (Å²) < 4.78 is 12.9. The smallest absolute Gasteiger partial charge is 0.257 e. The quantitative estimate of drug-likeness (QED) is 0.839. The van der Waals surface area contributed by atoms with Gasteiger partial charge in [0.2, 0.25) is 6.41 Å². The molecule has 1 aromatic carbocycles. The monoisotopic (exact) mass is 356 g/mol. The molecule has 0 aliphatic carbocycles. The first kappa shape index (κ1) is 17.5. The molecule has 0 bridgehead atoms. The van der Waals surface area contributed by atoms with Gasteiger partial charge in [-0.1, -0.05) is 0 Å². The summed E-state index contributed by atoms with van der Waals surface area (Å²) in [5.74, 6) is -1.07. The van der Waals surface area contributed by atoms with Gasteiger partial charge in [0.15, 0.2) is 0 Å². The fraction of sp³-hybridized carbons (Fsp3) is 0.222. The van der Waals surface area contributed by atoms with Crippen molar-refractivity contribution in [3.05, 3.63) is 59.7 Å². The SMILES string of the molecule is O=CN1CCN(C(=O)c2cncc(C(=O)Nc3ccc(F)cc3)c2)CC1. The summed E-state index contributed by atoms with van der Waals surface area (Å²) in [5.41, 5.74) is 0.973. The Morgan fingerprint density at radius 3 is 2.35 bits per heavy atom. The van der Waals surface area contributed by atoms with Crippen LogP contribution in [0.2, 0.25) is 0 Å². The van der Waals surface area contributed by atoms with Gasteiger partial charge in [0, 0.05) is 44.3 Å². The molecule has 0 spiro atoms. The molecule has 134 valence electrons. The summed E-state index contributed by atoms with van der Waals surface area (Å²) in [6.07, 6.45) is 3.53. The number of pyridine rings is 1. The highest BCUT2D eigenvalue weighted by molar-refractivity contribution is 6.05. The molecule has 0 atom stereocenters. The van der Waals surface area contributed by atoms with Crippen molar-refractivity contribution in [3.63, 3.8) is 0 Å². The first-order valence-corrected chi connectivity index (χ1v) is 8.07. The zero-order chi connectivity index (χ0) is 18.5. The highest BCUT2D eigenvalue weighted by Gasteiger charge is 2.22. The van der Waals surface area contributed by atoms with Crippen LogP contribution in [0.3, 0.4) is 0 Å². The van der Waals surface area contributed by atoms with Crippen LogP contribution in [0.4, 0.5) is 10.1 Å². The molecule has 2 aromatic rings. The molecular formula is C18H17FN4O3. The molecular weight excluding hydrogens is 339 g/mol. The number of nitrogens with one attached hydrogen (secondary N) is 1. The van der Waals surface area contributed by atoms with E-state index in [1.54, 1.807) is 9.80 Å². The van der Waals surface area contributed by atoms with Gasteiger partial charge >= 0.3 is 0 Å². The molecule has 0 saturated carbocycles. The van der Waals surface area contributed by atoms with Crippen molar-refractivity contribution < 1.29 is 18.8 Å². The number of halogens is 1. The predicted octanol–water partition coefficient (Wildman–Crippen LogP) is 1.39. The number of amides is 3. The van der Waals surface area contributed by atoms with E-state index in [2.05, 4.69) is 10.3 Å². The van der Waals surface area contributed by atoms with E-state index in [4.69, 9.17) is 0 Å². The van der Waals surface area contributed by atoms with Crippen molar-refractivity contribution in [3.8, 4) is 0 Å². The molecule has 7 nitrogen and oxygen atoms in total. The van der Waals surface area contributed by atoms with Gasteiger partial charge in [-0.05, 0) is 30.3 Å². The van der Waals surface area contributed by atoms with Crippen LogP contribution >= 0.6 is 0 Å². The van der Waals surface area contributed by atoms with Crippen molar-refractivity contribution in [2.75, 3.05) is 31.5 Å². The Balaban J connectivity index is 1.69. The first-order valence-electron chi connectivity index (χ1n) is 8.07. The van der Waals surface area contributed by atoms with Crippen LogP contribution < -0.4 is 5.32 Å². The molecule has 1 saturated heterocycles. The standard InChI is InChI=1S/C18H17FN4O3/c19-15-1-3-16(4-2-15)21-17(25)13-9-14(11-20-10-13)18(26)23-7-5-22(12-24)6-8-23/h1-4,9-12H,5-8H2,(H,21,25). The maximum atomic E-state index is 12.9. The van der Waals surface area contributed by atoms with Gasteiger partial charge in [-0.3, -0.25) is 19.4 Å². The fourth-order valence-electron chi connectivity index (χ4n) is 2.63. The van der Waals surface area contributed by atoms with Crippen molar-refractivity contribution in [1.29, 1.82) is 0 Å². The third-order valence-electron chi connectivity index (χ3n) is 4.10. The van der Waals surface area contributed by atoms with E-state index in [-0.39, 0.29) is 11.5 Å². The van der Waals surface area contributed by atoms with Crippen LogP contribution in [0.25, 0.3) is 0 Å². The van der Waals surface area contributed by atoms with Crippen LogP contribution in [0.15, 0.2) is 42.7 Å². The summed E-state index contributed by atoms with van der Waals surface area (Å²) in [5, 5.41) is 2.63. The Kier molecular flexibility index (Phi) is 5.21. The van der Waals surface area contributed by atoms with Crippen LogP contribution in [-0.4, -0.2) is 59.2 Å². The van der Waals surface area contributed by atoms with Gasteiger partial charge < -0.3 is 15.1 Å². The maximum absolute atomic E-state index is 12.9. The topological polar surface area (TPSA) is 82.6 Å². The van der Waals surface area contributed by atoms with Gasteiger partial charge in [-0.15, -0.1) is 0 Å². The number of rotatable bonds is 4. The minimum atomic E-state index is -0.440. The minimum Gasteiger partial charge on any atom is -0.342 e. The van der Waals surface area contributed by atoms with Crippen molar-refractivity contribution in [2.24, 2.45) is 0 Å². The Labute approximate surface area is 149 Å². The Morgan fingerprint density at radius 2 is 1.69 bits per heavy atom. The van der Waals surface area contributed by atoms with Crippen LogP contribution in [0.1, 0.15) is 20.7 Å². The predicted molar refractivity (Wildman–Crippen MR) is 92.1 cm³/mol. The molecule has 0 radical (unpaired) electrons. The second-order valence-corrected chi connectivity index (χ2v) is 5.86. The number of benzene rings is 1. The van der Waals surface area contributed by atoms with Crippen LogP contribution in [0, 0.1) is 5.82 Å². The molecule has 1 aromatic heterocycles. The number of carbonyl (C=O) groups excluding carboxylic acids is 3. The molecule has 3 rings (SSSR count). The Hall–Kier alpha value is -3.29. The first-order chi connectivity index (χ1) is 12.6. The lowest BCUT2D eigenvalue weighted by atomic mass is 10.1. The molecule has 8 heteroatoms.